The van der Waals surface area contributed by atoms with Crippen molar-refractivity contribution in [1.82, 2.24) is 10.2 Å². The highest BCUT2D eigenvalue weighted by Crippen LogP contribution is 2.36. The van der Waals surface area contributed by atoms with Gasteiger partial charge in [0.25, 0.3) is 0 Å². The molecule has 0 saturated carbocycles. The Balaban J connectivity index is 2.09. The van der Waals surface area contributed by atoms with Crippen LogP contribution in [0.25, 0.3) is 0 Å². The molecule has 1 unspecified atom stereocenters. The lowest BCUT2D eigenvalue weighted by Gasteiger charge is -2.36. The molecule has 2 aromatic carbocycles. The highest BCUT2D eigenvalue weighted by atomic mass is 35.5. The number of halogens is 1. The Morgan fingerprint density at radius 3 is 2.61 bits per heavy atom. The number of rotatable bonds is 4. The summed E-state index contributed by atoms with van der Waals surface area (Å²) in [6.45, 7) is 6.16. The zero-order chi connectivity index (χ0) is 16.2. The molecular formula is C19H23ClN2O. The summed E-state index contributed by atoms with van der Waals surface area (Å²) in [4.78, 5) is 2.50. The van der Waals surface area contributed by atoms with Crippen LogP contribution in [0.2, 0.25) is 5.02 Å². The summed E-state index contributed by atoms with van der Waals surface area (Å²) in [7, 11) is 1.72. The third-order valence-corrected chi connectivity index (χ3v) is 4.60. The molecule has 3 nitrogen and oxygen atoms in total. The number of ether oxygens (including phenoxy) is 1. The highest BCUT2D eigenvalue weighted by molar-refractivity contribution is 6.30. The normalized spacial score (nSPS) is 17.0. The second-order valence-electron chi connectivity index (χ2n) is 5.99. The van der Waals surface area contributed by atoms with Crippen molar-refractivity contribution in [3.05, 3.63) is 64.2 Å². The van der Waals surface area contributed by atoms with Gasteiger partial charge in [-0.1, -0.05) is 41.4 Å². The Bertz CT molecular complexity index is 668. The SMILES string of the molecule is COc1ccc(Cl)cc1C(c1cccc(C)c1)N1CCNCC1. The first-order chi connectivity index (χ1) is 11.2. The predicted octanol–water partition coefficient (Wildman–Crippen LogP) is 3.65. The summed E-state index contributed by atoms with van der Waals surface area (Å²) in [5.41, 5.74) is 3.68. The van der Waals surface area contributed by atoms with Crippen LogP contribution in [0, 0.1) is 6.92 Å². The molecule has 1 fully saturated rings. The number of nitrogens with zero attached hydrogens (tertiary/aromatic N) is 1. The van der Waals surface area contributed by atoms with Gasteiger partial charge in [0.2, 0.25) is 0 Å². The van der Waals surface area contributed by atoms with E-state index < -0.39 is 0 Å². The minimum Gasteiger partial charge on any atom is -0.496 e. The average molecular weight is 331 g/mol. The van der Waals surface area contributed by atoms with Crippen molar-refractivity contribution in [1.29, 1.82) is 0 Å². The van der Waals surface area contributed by atoms with E-state index >= 15 is 0 Å². The van der Waals surface area contributed by atoms with Crippen LogP contribution in [-0.2, 0) is 0 Å². The lowest BCUT2D eigenvalue weighted by molar-refractivity contribution is 0.195. The van der Waals surface area contributed by atoms with Crippen LogP contribution >= 0.6 is 11.6 Å². The molecule has 2 aromatic rings. The fourth-order valence-electron chi connectivity index (χ4n) is 3.29. The maximum absolute atomic E-state index is 6.29. The summed E-state index contributed by atoms with van der Waals surface area (Å²) >= 11 is 6.29. The largest absolute Gasteiger partial charge is 0.496 e. The summed E-state index contributed by atoms with van der Waals surface area (Å²) < 4.78 is 5.62. The first-order valence-corrected chi connectivity index (χ1v) is 8.41. The molecule has 23 heavy (non-hydrogen) atoms. The van der Waals surface area contributed by atoms with Crippen molar-refractivity contribution in [2.75, 3.05) is 33.3 Å². The van der Waals surface area contributed by atoms with Gasteiger partial charge in [-0.2, -0.15) is 0 Å². The minimum absolute atomic E-state index is 0.158. The molecule has 0 spiro atoms. The zero-order valence-corrected chi connectivity index (χ0v) is 14.4. The molecular weight excluding hydrogens is 308 g/mol. The van der Waals surface area contributed by atoms with Gasteiger partial charge in [0, 0.05) is 36.8 Å². The summed E-state index contributed by atoms with van der Waals surface area (Å²) in [6, 6.07) is 14.7. The third-order valence-electron chi connectivity index (χ3n) is 4.36. The van der Waals surface area contributed by atoms with Crippen LogP contribution in [0.5, 0.6) is 5.75 Å². The van der Waals surface area contributed by atoms with E-state index in [1.807, 2.05) is 18.2 Å². The number of aryl methyl sites for hydroxylation is 1. The number of methoxy groups -OCH3 is 1. The van der Waals surface area contributed by atoms with Crippen molar-refractivity contribution in [3.63, 3.8) is 0 Å². The number of hydrogen-bond donors (Lipinski definition) is 1. The van der Waals surface area contributed by atoms with Gasteiger partial charge in [0.1, 0.15) is 5.75 Å². The van der Waals surface area contributed by atoms with E-state index in [4.69, 9.17) is 16.3 Å². The van der Waals surface area contributed by atoms with Crippen LogP contribution < -0.4 is 10.1 Å². The zero-order valence-electron chi connectivity index (χ0n) is 13.7. The molecule has 1 aliphatic heterocycles. The Kier molecular flexibility index (Phi) is 5.21. The van der Waals surface area contributed by atoms with Crippen LogP contribution in [0.4, 0.5) is 0 Å². The van der Waals surface area contributed by atoms with Gasteiger partial charge in [0.05, 0.1) is 13.2 Å². The number of nitrogens with one attached hydrogen (secondary N) is 1. The van der Waals surface area contributed by atoms with Gasteiger partial charge < -0.3 is 10.1 Å². The Morgan fingerprint density at radius 1 is 1.13 bits per heavy atom. The molecule has 1 N–H and O–H groups in total. The molecule has 1 saturated heterocycles. The number of hydrogen-bond acceptors (Lipinski definition) is 3. The molecule has 0 aromatic heterocycles. The summed E-state index contributed by atoms with van der Waals surface area (Å²) in [5, 5.41) is 4.17. The molecule has 0 radical (unpaired) electrons. The quantitative estimate of drug-likeness (QED) is 0.926. The topological polar surface area (TPSA) is 24.5 Å². The molecule has 0 aliphatic carbocycles. The second-order valence-corrected chi connectivity index (χ2v) is 6.43. The summed E-state index contributed by atoms with van der Waals surface area (Å²) in [5.74, 6) is 0.888. The lowest BCUT2D eigenvalue weighted by Crippen LogP contribution is -2.45. The fraction of sp³-hybridized carbons (Fsp3) is 0.368. The molecule has 0 bridgehead atoms. The summed E-state index contributed by atoms with van der Waals surface area (Å²) in [6.07, 6.45) is 0. The first-order valence-electron chi connectivity index (χ1n) is 8.04. The number of piperazine rings is 1. The van der Waals surface area contributed by atoms with Crippen LogP contribution in [0.15, 0.2) is 42.5 Å². The molecule has 1 atom stereocenters. The van der Waals surface area contributed by atoms with Gasteiger partial charge >= 0.3 is 0 Å². The van der Waals surface area contributed by atoms with Crippen molar-refractivity contribution >= 4 is 11.6 Å². The van der Waals surface area contributed by atoms with Crippen LogP contribution in [0.1, 0.15) is 22.7 Å². The van der Waals surface area contributed by atoms with Crippen LogP contribution in [-0.4, -0.2) is 38.2 Å². The molecule has 3 rings (SSSR count). The van der Waals surface area contributed by atoms with Crippen molar-refractivity contribution in [2.45, 2.75) is 13.0 Å². The van der Waals surface area contributed by atoms with E-state index in [9.17, 15) is 0 Å². The smallest absolute Gasteiger partial charge is 0.124 e. The Labute approximate surface area is 143 Å². The molecule has 0 amide bonds. The van der Waals surface area contributed by atoms with E-state index in [-0.39, 0.29) is 6.04 Å². The van der Waals surface area contributed by atoms with Gasteiger partial charge in [-0.15, -0.1) is 0 Å². The van der Waals surface area contributed by atoms with Gasteiger partial charge in [0.15, 0.2) is 0 Å². The van der Waals surface area contributed by atoms with Gasteiger partial charge in [-0.25, -0.2) is 0 Å². The van der Waals surface area contributed by atoms with Gasteiger partial charge in [-0.05, 0) is 30.7 Å². The van der Waals surface area contributed by atoms with Gasteiger partial charge in [-0.3, -0.25) is 4.90 Å². The average Bonchev–Trinajstić information content (AvgIpc) is 2.56. The van der Waals surface area contributed by atoms with E-state index in [2.05, 4.69) is 41.4 Å². The Morgan fingerprint density at radius 2 is 1.91 bits per heavy atom. The predicted molar refractivity (Wildman–Crippen MR) is 95.5 cm³/mol. The van der Waals surface area contributed by atoms with E-state index in [0.29, 0.717) is 0 Å². The van der Waals surface area contributed by atoms with E-state index in [1.165, 1.54) is 11.1 Å². The second kappa shape index (κ2) is 7.35. The maximum atomic E-state index is 6.29. The first kappa shape index (κ1) is 16.3. The third kappa shape index (κ3) is 3.69. The van der Waals surface area contributed by atoms with E-state index in [0.717, 1.165) is 42.5 Å². The Hall–Kier alpha value is -1.55. The van der Waals surface area contributed by atoms with Crippen molar-refractivity contribution in [3.8, 4) is 5.75 Å². The molecule has 1 aliphatic rings. The van der Waals surface area contributed by atoms with Crippen molar-refractivity contribution in [2.24, 2.45) is 0 Å². The fourth-order valence-corrected chi connectivity index (χ4v) is 3.47. The minimum atomic E-state index is 0.158. The molecule has 1 heterocycles. The van der Waals surface area contributed by atoms with Crippen molar-refractivity contribution < 1.29 is 4.74 Å². The van der Waals surface area contributed by atoms with Crippen LogP contribution in [0.3, 0.4) is 0 Å². The highest BCUT2D eigenvalue weighted by Gasteiger charge is 2.26. The monoisotopic (exact) mass is 330 g/mol. The molecule has 122 valence electrons. The van der Waals surface area contributed by atoms with E-state index in [1.54, 1.807) is 7.11 Å². The maximum Gasteiger partial charge on any atom is 0.124 e. The standard InChI is InChI=1S/C19H23ClN2O/c1-14-4-3-5-15(12-14)19(22-10-8-21-9-11-22)17-13-16(20)6-7-18(17)23-2/h3-7,12-13,19,21H,8-11H2,1-2H3. The number of benzene rings is 2. The lowest BCUT2D eigenvalue weighted by atomic mass is 9.94. The molecule has 4 heteroatoms.